The average molecular weight is 404 g/mol. The zero-order chi connectivity index (χ0) is 19.4. The second kappa shape index (κ2) is 8.06. The Balaban J connectivity index is 1.71. The van der Waals surface area contributed by atoms with Crippen LogP contribution in [0.15, 0.2) is 65.2 Å². The predicted octanol–water partition coefficient (Wildman–Crippen LogP) is 4.76. The third kappa shape index (κ3) is 5.05. The van der Waals surface area contributed by atoms with Crippen molar-refractivity contribution < 1.29 is 19.1 Å². The van der Waals surface area contributed by atoms with E-state index in [1.165, 1.54) is 20.0 Å². The van der Waals surface area contributed by atoms with Crippen molar-refractivity contribution in [3.63, 3.8) is 0 Å². The van der Waals surface area contributed by atoms with E-state index in [4.69, 9.17) is 21.1 Å². The van der Waals surface area contributed by atoms with E-state index in [9.17, 15) is 9.59 Å². The molecule has 0 aliphatic carbocycles. The summed E-state index contributed by atoms with van der Waals surface area (Å²) < 4.78 is 10.2. The molecule has 0 unspecified atom stereocenters. The van der Waals surface area contributed by atoms with E-state index < -0.39 is 17.7 Å². The Morgan fingerprint density at radius 2 is 1.67 bits per heavy atom. The number of anilines is 1. The van der Waals surface area contributed by atoms with Crippen molar-refractivity contribution in [1.29, 1.82) is 0 Å². The Kier molecular flexibility index (Phi) is 5.77. The molecule has 0 bridgehead atoms. The highest BCUT2D eigenvalue weighted by molar-refractivity contribution is 7.98. The van der Waals surface area contributed by atoms with Gasteiger partial charge in [0.1, 0.15) is 0 Å². The maximum absolute atomic E-state index is 12.0. The Morgan fingerprint density at radius 3 is 2.33 bits per heavy atom. The number of cyclic esters (lactones) is 2. The molecule has 0 spiro atoms. The maximum Gasteiger partial charge on any atom is 0.350 e. The van der Waals surface area contributed by atoms with E-state index in [1.54, 1.807) is 11.8 Å². The first-order valence-electron chi connectivity index (χ1n) is 8.24. The molecular weight excluding hydrogens is 386 g/mol. The molecule has 1 aliphatic heterocycles. The van der Waals surface area contributed by atoms with Gasteiger partial charge in [0.15, 0.2) is 5.57 Å². The molecule has 1 heterocycles. The SMILES string of the molecule is CC1(C)OC(=O)C(=CNc2ccccc2SCc2ccc(Cl)cc2)C(=O)O1. The number of ether oxygens (including phenoxy) is 2. The molecule has 2 aromatic rings. The lowest BCUT2D eigenvalue weighted by molar-refractivity contribution is -0.222. The van der Waals surface area contributed by atoms with Gasteiger partial charge in [-0.25, -0.2) is 9.59 Å². The predicted molar refractivity (Wildman–Crippen MR) is 105 cm³/mol. The molecule has 3 rings (SSSR count). The lowest BCUT2D eigenvalue weighted by atomic mass is 10.2. The minimum atomic E-state index is -1.25. The highest BCUT2D eigenvalue weighted by atomic mass is 35.5. The molecule has 0 aromatic heterocycles. The molecule has 1 N–H and O–H groups in total. The third-order valence-corrected chi connectivity index (χ3v) is 5.08. The van der Waals surface area contributed by atoms with Gasteiger partial charge < -0.3 is 14.8 Å². The lowest BCUT2D eigenvalue weighted by Crippen LogP contribution is -2.42. The maximum atomic E-state index is 12.0. The fraction of sp³-hybridized carbons (Fsp3) is 0.200. The fourth-order valence-electron chi connectivity index (χ4n) is 2.38. The molecule has 0 amide bonds. The first-order chi connectivity index (χ1) is 12.8. The van der Waals surface area contributed by atoms with E-state index in [0.717, 1.165) is 21.9 Å². The minimum Gasteiger partial charge on any atom is -0.419 e. The summed E-state index contributed by atoms with van der Waals surface area (Å²) in [5, 5.41) is 3.71. The van der Waals surface area contributed by atoms with E-state index in [-0.39, 0.29) is 5.57 Å². The molecule has 0 saturated carbocycles. The van der Waals surface area contributed by atoms with Gasteiger partial charge in [-0.15, -0.1) is 11.8 Å². The number of esters is 2. The zero-order valence-corrected chi connectivity index (χ0v) is 16.4. The van der Waals surface area contributed by atoms with Crippen LogP contribution in [0.1, 0.15) is 19.4 Å². The molecule has 7 heteroatoms. The third-order valence-electron chi connectivity index (χ3n) is 3.68. The van der Waals surface area contributed by atoms with Crippen LogP contribution in [0.3, 0.4) is 0 Å². The fourth-order valence-corrected chi connectivity index (χ4v) is 3.48. The van der Waals surface area contributed by atoms with Crippen LogP contribution in [0.4, 0.5) is 5.69 Å². The van der Waals surface area contributed by atoms with Gasteiger partial charge in [0.05, 0.1) is 5.69 Å². The number of halogens is 1. The Hall–Kier alpha value is -2.44. The van der Waals surface area contributed by atoms with Gasteiger partial charge in [-0.05, 0) is 29.8 Å². The van der Waals surface area contributed by atoms with E-state index >= 15 is 0 Å². The van der Waals surface area contributed by atoms with Crippen molar-refractivity contribution in [2.75, 3.05) is 5.32 Å². The van der Waals surface area contributed by atoms with E-state index in [2.05, 4.69) is 5.32 Å². The zero-order valence-electron chi connectivity index (χ0n) is 14.8. The van der Waals surface area contributed by atoms with Crippen molar-refractivity contribution in [2.45, 2.75) is 30.3 Å². The monoisotopic (exact) mass is 403 g/mol. The average Bonchev–Trinajstić information content (AvgIpc) is 2.60. The molecule has 27 heavy (non-hydrogen) atoms. The number of hydrogen-bond donors (Lipinski definition) is 1. The van der Waals surface area contributed by atoms with Gasteiger partial charge >= 0.3 is 11.9 Å². The molecule has 5 nitrogen and oxygen atoms in total. The van der Waals surface area contributed by atoms with Crippen molar-refractivity contribution in [3.8, 4) is 0 Å². The summed E-state index contributed by atoms with van der Waals surface area (Å²) in [6.45, 7) is 3.02. The number of carbonyl (C=O) groups excluding carboxylic acids is 2. The van der Waals surface area contributed by atoms with Crippen LogP contribution in [-0.4, -0.2) is 17.7 Å². The van der Waals surface area contributed by atoms with E-state index in [0.29, 0.717) is 5.02 Å². The standard InChI is InChI=1S/C20H18ClNO4S/c1-20(2)25-18(23)15(19(24)26-20)11-22-16-5-3-4-6-17(16)27-12-13-7-9-14(21)10-8-13/h3-11,22H,12H2,1-2H3. The van der Waals surface area contributed by atoms with Crippen LogP contribution >= 0.6 is 23.4 Å². The quantitative estimate of drug-likeness (QED) is 0.336. The molecule has 1 fully saturated rings. The van der Waals surface area contributed by atoms with Crippen molar-refractivity contribution in [1.82, 2.24) is 0 Å². The van der Waals surface area contributed by atoms with Crippen LogP contribution in [0.2, 0.25) is 5.02 Å². The number of thioether (sulfide) groups is 1. The summed E-state index contributed by atoms with van der Waals surface area (Å²) in [4.78, 5) is 25.0. The topological polar surface area (TPSA) is 64.6 Å². The number of hydrogen-bond acceptors (Lipinski definition) is 6. The first kappa shape index (κ1) is 19.3. The summed E-state index contributed by atoms with van der Waals surface area (Å²) >= 11 is 7.54. The Labute approximate surface area is 166 Å². The molecular formula is C20H18ClNO4S. The van der Waals surface area contributed by atoms with Gasteiger partial charge in [-0.1, -0.05) is 35.9 Å². The summed E-state index contributed by atoms with van der Waals surface area (Å²) in [7, 11) is 0. The molecule has 2 aromatic carbocycles. The van der Waals surface area contributed by atoms with Crippen molar-refractivity contribution >= 4 is 41.0 Å². The minimum absolute atomic E-state index is 0.174. The highest BCUT2D eigenvalue weighted by Crippen LogP contribution is 2.31. The van der Waals surface area contributed by atoms with Crippen molar-refractivity contribution in [2.24, 2.45) is 0 Å². The van der Waals surface area contributed by atoms with Gasteiger partial charge in [0, 0.05) is 35.7 Å². The van der Waals surface area contributed by atoms with Crippen LogP contribution in [-0.2, 0) is 24.8 Å². The number of carbonyl (C=O) groups is 2. The van der Waals surface area contributed by atoms with Gasteiger partial charge in [0.2, 0.25) is 0 Å². The summed E-state index contributed by atoms with van der Waals surface area (Å²) in [6, 6.07) is 15.3. The molecule has 1 saturated heterocycles. The summed E-state index contributed by atoms with van der Waals surface area (Å²) in [5.74, 6) is -1.92. The second-order valence-corrected chi connectivity index (χ2v) is 7.75. The van der Waals surface area contributed by atoms with Gasteiger partial charge in [0.25, 0.3) is 5.79 Å². The number of benzene rings is 2. The molecule has 1 aliphatic rings. The molecule has 140 valence electrons. The number of nitrogens with one attached hydrogen (secondary N) is 1. The van der Waals surface area contributed by atoms with Crippen LogP contribution in [0, 0.1) is 0 Å². The summed E-state index contributed by atoms with van der Waals surface area (Å²) in [5.41, 5.74) is 1.74. The molecule has 0 radical (unpaired) electrons. The van der Waals surface area contributed by atoms with Crippen LogP contribution in [0.25, 0.3) is 0 Å². The summed E-state index contributed by atoms with van der Waals surface area (Å²) in [6.07, 6.45) is 1.32. The molecule has 0 atom stereocenters. The van der Waals surface area contributed by atoms with Gasteiger partial charge in [-0.2, -0.15) is 0 Å². The lowest BCUT2D eigenvalue weighted by Gasteiger charge is -2.29. The largest absolute Gasteiger partial charge is 0.419 e. The van der Waals surface area contributed by atoms with E-state index in [1.807, 2.05) is 48.5 Å². The normalized spacial score (nSPS) is 15.7. The number of rotatable bonds is 5. The second-order valence-electron chi connectivity index (χ2n) is 6.29. The smallest absolute Gasteiger partial charge is 0.350 e. The Bertz CT molecular complexity index is 871. The first-order valence-corrected chi connectivity index (χ1v) is 9.60. The van der Waals surface area contributed by atoms with Gasteiger partial charge in [-0.3, -0.25) is 0 Å². The number of para-hydroxylation sites is 1. The van der Waals surface area contributed by atoms with Crippen LogP contribution < -0.4 is 5.32 Å². The highest BCUT2D eigenvalue weighted by Gasteiger charge is 2.38. The van der Waals surface area contributed by atoms with Crippen LogP contribution in [0.5, 0.6) is 0 Å². The van der Waals surface area contributed by atoms with Crippen molar-refractivity contribution in [3.05, 3.63) is 70.9 Å². The Morgan fingerprint density at radius 1 is 1.04 bits per heavy atom.